The summed E-state index contributed by atoms with van der Waals surface area (Å²) in [6.45, 7) is 2.34. The van der Waals surface area contributed by atoms with Crippen molar-refractivity contribution in [3.8, 4) is 0 Å². The third-order valence-electron chi connectivity index (χ3n) is 5.24. The fraction of sp³-hybridized carbons (Fsp3) is 0.526. The van der Waals surface area contributed by atoms with Crippen LogP contribution in [-0.4, -0.2) is 12.0 Å². The Hall–Kier alpha value is -1.41. The lowest BCUT2D eigenvalue weighted by Crippen LogP contribution is -2.29. The maximum atomic E-state index is 4.34. The summed E-state index contributed by atoms with van der Waals surface area (Å²) in [7, 11) is 2.11. The van der Waals surface area contributed by atoms with Gasteiger partial charge in [0.2, 0.25) is 0 Å². The van der Waals surface area contributed by atoms with Gasteiger partial charge in [0.05, 0.1) is 0 Å². The van der Waals surface area contributed by atoms with E-state index in [9.17, 15) is 0 Å². The van der Waals surface area contributed by atoms with Gasteiger partial charge in [-0.3, -0.25) is 4.98 Å². The van der Waals surface area contributed by atoms with Crippen LogP contribution in [0.15, 0.2) is 36.7 Å². The second-order valence-electron chi connectivity index (χ2n) is 6.41. The molecule has 0 saturated heterocycles. The predicted octanol–water partition coefficient (Wildman–Crippen LogP) is 4.71. The topological polar surface area (TPSA) is 24.9 Å². The Morgan fingerprint density at radius 3 is 3.00 bits per heavy atom. The van der Waals surface area contributed by atoms with Gasteiger partial charge in [-0.15, -0.1) is 0 Å². The normalized spacial score (nSPS) is 24.1. The summed E-state index contributed by atoms with van der Waals surface area (Å²) in [5, 5.41) is 6.20. The van der Waals surface area contributed by atoms with E-state index in [2.05, 4.69) is 48.5 Å². The Labute approximate surface area is 128 Å². The van der Waals surface area contributed by atoms with Crippen LogP contribution in [0, 0.1) is 11.8 Å². The van der Waals surface area contributed by atoms with Gasteiger partial charge in [0, 0.05) is 23.8 Å². The fourth-order valence-corrected chi connectivity index (χ4v) is 4.06. The van der Waals surface area contributed by atoms with Crippen molar-refractivity contribution in [3.05, 3.63) is 42.2 Å². The molecule has 3 atom stereocenters. The Morgan fingerprint density at radius 1 is 1.29 bits per heavy atom. The molecule has 1 heterocycles. The van der Waals surface area contributed by atoms with E-state index in [1.807, 2.05) is 12.4 Å². The summed E-state index contributed by atoms with van der Waals surface area (Å²) in [5.41, 5.74) is 1.42. The van der Waals surface area contributed by atoms with Gasteiger partial charge in [0.15, 0.2) is 0 Å². The summed E-state index contributed by atoms with van der Waals surface area (Å²) in [6.07, 6.45) is 10.7. The average Bonchev–Trinajstić information content (AvgIpc) is 2.56. The highest BCUT2D eigenvalue weighted by Crippen LogP contribution is 2.39. The van der Waals surface area contributed by atoms with Gasteiger partial charge in [0.25, 0.3) is 0 Å². The minimum Gasteiger partial charge on any atom is -0.313 e. The van der Waals surface area contributed by atoms with Gasteiger partial charge in [-0.25, -0.2) is 0 Å². The lowest BCUT2D eigenvalue weighted by atomic mass is 9.75. The number of rotatable bonds is 4. The maximum absolute atomic E-state index is 4.34. The maximum Gasteiger partial charge on any atom is 0.0353 e. The molecule has 0 bridgehead atoms. The molecule has 3 unspecified atom stereocenters. The van der Waals surface area contributed by atoms with E-state index in [1.165, 1.54) is 48.4 Å². The van der Waals surface area contributed by atoms with E-state index in [4.69, 9.17) is 0 Å². The molecule has 0 spiro atoms. The van der Waals surface area contributed by atoms with E-state index in [1.54, 1.807) is 0 Å². The highest BCUT2D eigenvalue weighted by molar-refractivity contribution is 5.85. The molecule has 0 aliphatic heterocycles. The zero-order chi connectivity index (χ0) is 14.7. The zero-order valence-corrected chi connectivity index (χ0v) is 13.2. The van der Waals surface area contributed by atoms with Gasteiger partial charge in [-0.1, -0.05) is 44.4 Å². The first-order chi connectivity index (χ1) is 10.3. The minimum absolute atomic E-state index is 0.451. The molecule has 1 aliphatic rings. The van der Waals surface area contributed by atoms with E-state index >= 15 is 0 Å². The van der Waals surface area contributed by atoms with Crippen LogP contribution in [-0.2, 0) is 0 Å². The number of benzene rings is 1. The van der Waals surface area contributed by atoms with Crippen LogP contribution >= 0.6 is 0 Å². The minimum atomic E-state index is 0.451. The molecule has 1 aromatic carbocycles. The smallest absolute Gasteiger partial charge is 0.0353 e. The monoisotopic (exact) mass is 282 g/mol. The molecule has 1 fully saturated rings. The SMILES string of the molecule is CCC1CCCC(C(NC)c2cccc3ccncc23)C1. The Bertz CT molecular complexity index is 588. The van der Waals surface area contributed by atoms with Crippen LogP contribution in [0.1, 0.15) is 50.6 Å². The first kappa shape index (κ1) is 14.5. The van der Waals surface area contributed by atoms with Crippen LogP contribution in [0.2, 0.25) is 0 Å². The van der Waals surface area contributed by atoms with Gasteiger partial charge < -0.3 is 5.32 Å². The summed E-state index contributed by atoms with van der Waals surface area (Å²) in [4.78, 5) is 4.34. The molecule has 21 heavy (non-hydrogen) atoms. The highest BCUT2D eigenvalue weighted by atomic mass is 14.9. The van der Waals surface area contributed by atoms with E-state index < -0.39 is 0 Å². The molecular weight excluding hydrogens is 256 g/mol. The van der Waals surface area contributed by atoms with Crippen molar-refractivity contribution in [2.75, 3.05) is 7.05 Å². The number of hydrogen-bond donors (Lipinski definition) is 1. The number of nitrogens with one attached hydrogen (secondary N) is 1. The standard InChI is InChI=1S/C19H26N2/c1-3-14-6-4-8-16(12-14)19(20-2)17-9-5-7-15-10-11-21-13-18(15)17/h5,7,9-11,13-14,16,19-20H,3-4,6,8,12H2,1-2H3. The van der Waals surface area contributed by atoms with E-state index in [-0.39, 0.29) is 0 Å². The lowest BCUT2D eigenvalue weighted by Gasteiger charge is -2.35. The van der Waals surface area contributed by atoms with Crippen molar-refractivity contribution in [3.63, 3.8) is 0 Å². The molecule has 1 aliphatic carbocycles. The molecule has 1 saturated carbocycles. The Morgan fingerprint density at radius 2 is 2.19 bits per heavy atom. The summed E-state index contributed by atoms with van der Waals surface area (Å²) >= 11 is 0. The van der Waals surface area contributed by atoms with Gasteiger partial charge in [-0.05, 0) is 48.7 Å². The van der Waals surface area contributed by atoms with Crippen LogP contribution < -0.4 is 5.32 Å². The van der Waals surface area contributed by atoms with Crippen molar-refractivity contribution >= 4 is 10.8 Å². The quantitative estimate of drug-likeness (QED) is 0.878. The molecule has 1 N–H and O–H groups in total. The van der Waals surface area contributed by atoms with Crippen molar-refractivity contribution < 1.29 is 0 Å². The molecule has 1 aromatic heterocycles. The van der Waals surface area contributed by atoms with Crippen LogP contribution in [0.5, 0.6) is 0 Å². The molecule has 3 rings (SSSR count). The third kappa shape index (κ3) is 2.96. The number of fused-ring (bicyclic) bond motifs is 1. The first-order valence-electron chi connectivity index (χ1n) is 8.33. The average molecular weight is 282 g/mol. The third-order valence-corrected chi connectivity index (χ3v) is 5.24. The molecule has 2 heteroatoms. The number of aromatic nitrogens is 1. The second kappa shape index (κ2) is 6.57. The van der Waals surface area contributed by atoms with Crippen molar-refractivity contribution in [2.24, 2.45) is 11.8 Å². The first-order valence-corrected chi connectivity index (χ1v) is 8.33. The molecule has 2 aromatic rings. The van der Waals surface area contributed by atoms with Crippen LogP contribution in [0.25, 0.3) is 10.8 Å². The van der Waals surface area contributed by atoms with E-state index in [0.29, 0.717) is 6.04 Å². The van der Waals surface area contributed by atoms with Crippen LogP contribution in [0.4, 0.5) is 0 Å². The summed E-state index contributed by atoms with van der Waals surface area (Å²) in [6, 6.07) is 9.21. The van der Waals surface area contributed by atoms with Crippen molar-refractivity contribution in [1.82, 2.24) is 10.3 Å². The fourth-order valence-electron chi connectivity index (χ4n) is 4.06. The lowest BCUT2D eigenvalue weighted by molar-refractivity contribution is 0.215. The van der Waals surface area contributed by atoms with E-state index in [0.717, 1.165) is 11.8 Å². The number of nitrogens with zero attached hydrogens (tertiary/aromatic N) is 1. The summed E-state index contributed by atoms with van der Waals surface area (Å²) < 4.78 is 0. The second-order valence-corrected chi connectivity index (χ2v) is 6.41. The van der Waals surface area contributed by atoms with Gasteiger partial charge in [0.1, 0.15) is 0 Å². The predicted molar refractivity (Wildman–Crippen MR) is 89.3 cm³/mol. The highest BCUT2D eigenvalue weighted by Gasteiger charge is 2.28. The molecule has 2 nitrogen and oxygen atoms in total. The van der Waals surface area contributed by atoms with Gasteiger partial charge >= 0.3 is 0 Å². The Balaban J connectivity index is 1.94. The van der Waals surface area contributed by atoms with Crippen molar-refractivity contribution in [2.45, 2.75) is 45.1 Å². The molecule has 0 amide bonds. The zero-order valence-electron chi connectivity index (χ0n) is 13.2. The van der Waals surface area contributed by atoms with Crippen molar-refractivity contribution in [1.29, 1.82) is 0 Å². The Kier molecular flexibility index (Phi) is 4.54. The molecular formula is C19H26N2. The molecule has 112 valence electrons. The van der Waals surface area contributed by atoms with Gasteiger partial charge in [-0.2, -0.15) is 0 Å². The largest absolute Gasteiger partial charge is 0.313 e. The van der Waals surface area contributed by atoms with Crippen LogP contribution in [0.3, 0.4) is 0 Å². The number of pyridine rings is 1. The molecule has 0 radical (unpaired) electrons. The summed E-state index contributed by atoms with van der Waals surface area (Å²) in [5.74, 6) is 1.66. The number of hydrogen-bond acceptors (Lipinski definition) is 2.